The molecule has 0 unspecified atom stereocenters. The summed E-state index contributed by atoms with van der Waals surface area (Å²) in [7, 11) is -3.84. The molecule has 2 aromatic carbocycles. The number of hydrogen-bond acceptors (Lipinski definition) is 6. The number of rotatable bonds is 8. The fourth-order valence-electron chi connectivity index (χ4n) is 2.71. The Hall–Kier alpha value is -2.55. The van der Waals surface area contributed by atoms with Crippen molar-refractivity contribution in [2.24, 2.45) is 5.73 Å². The summed E-state index contributed by atoms with van der Waals surface area (Å²) in [5, 5.41) is 7.64. The molecule has 0 fully saturated rings. The molecule has 0 radical (unpaired) electrons. The number of hydrogen-bond donors (Lipinski definition) is 2. The van der Waals surface area contributed by atoms with Gasteiger partial charge in [0.05, 0.1) is 18.9 Å². The number of nitrogen functional groups attached to an aromatic ring is 1. The number of sulfone groups is 1. The van der Waals surface area contributed by atoms with Gasteiger partial charge in [0.15, 0.2) is 0 Å². The van der Waals surface area contributed by atoms with Crippen molar-refractivity contribution in [3.05, 3.63) is 72.1 Å². The number of thiophene rings is 1. The number of thioether (sulfide) groups is 1. The van der Waals surface area contributed by atoms with E-state index >= 15 is 0 Å². The molecule has 30 heavy (non-hydrogen) atoms. The molecule has 0 amide bonds. The van der Waals surface area contributed by atoms with Crippen LogP contribution in [0.25, 0.3) is 11.1 Å². The van der Waals surface area contributed by atoms with Gasteiger partial charge in [0.1, 0.15) is 18.2 Å². The van der Waals surface area contributed by atoms with Crippen molar-refractivity contribution in [2.45, 2.75) is 21.4 Å². The van der Waals surface area contributed by atoms with E-state index in [4.69, 9.17) is 15.9 Å². The monoisotopic (exact) mass is 460 g/mol. The zero-order chi connectivity index (χ0) is 21.0. The van der Waals surface area contributed by atoms with Crippen LogP contribution in [0.1, 0.15) is 12.3 Å². The first kappa shape index (κ1) is 23.7. The third kappa shape index (κ3) is 4.95. The number of nitrogens with one attached hydrogen (secondary N) is 1. The van der Waals surface area contributed by atoms with Crippen LogP contribution in [0.2, 0.25) is 0 Å². The molecule has 0 atom stereocenters. The summed E-state index contributed by atoms with van der Waals surface area (Å²) in [4.78, 5) is 0.705. The van der Waals surface area contributed by atoms with Gasteiger partial charge in [-0.25, -0.2) is 8.42 Å². The third-order valence-corrected chi connectivity index (χ3v) is 8.39. The van der Waals surface area contributed by atoms with Crippen molar-refractivity contribution in [1.29, 1.82) is 5.41 Å². The molecule has 0 spiro atoms. The lowest BCUT2D eigenvalue weighted by molar-refractivity contribution is 0.362. The molecule has 0 bridgehead atoms. The molecule has 0 aliphatic carbocycles. The molecule has 3 N–H and O–H groups in total. The Balaban J connectivity index is 0.00000320. The largest absolute Gasteiger partial charge is 0.489 e. The molecule has 5 nitrogen and oxygen atoms in total. The smallest absolute Gasteiger partial charge is 0.208 e. The number of nitrogens with two attached hydrogens (primary N) is 1. The molecular formula is C22H24N2O3S3. The van der Waals surface area contributed by atoms with Gasteiger partial charge >= 0.3 is 0 Å². The third-order valence-electron chi connectivity index (χ3n) is 4.07. The van der Waals surface area contributed by atoms with Gasteiger partial charge in [0, 0.05) is 0 Å². The fourth-order valence-corrected chi connectivity index (χ4v) is 6.63. The summed E-state index contributed by atoms with van der Waals surface area (Å²) in [5.41, 5.74) is 7.19. The molecule has 0 saturated carbocycles. The van der Waals surface area contributed by atoms with E-state index in [9.17, 15) is 8.42 Å². The first-order chi connectivity index (χ1) is 13.9. The van der Waals surface area contributed by atoms with E-state index in [1.807, 2.05) is 36.4 Å². The quantitative estimate of drug-likeness (QED) is 0.202. The summed E-state index contributed by atoms with van der Waals surface area (Å²) >= 11 is 2.51. The second-order valence-corrected chi connectivity index (χ2v) is 10.1. The van der Waals surface area contributed by atoms with Crippen LogP contribution in [0.5, 0.6) is 5.75 Å². The summed E-state index contributed by atoms with van der Waals surface area (Å²) in [6.45, 7) is 3.91. The van der Waals surface area contributed by atoms with E-state index in [0.29, 0.717) is 14.8 Å². The minimum atomic E-state index is -3.84. The van der Waals surface area contributed by atoms with Crippen LogP contribution in [0.15, 0.2) is 81.3 Å². The van der Waals surface area contributed by atoms with Crippen LogP contribution in [0.4, 0.5) is 0 Å². The van der Waals surface area contributed by atoms with Gasteiger partial charge in [0.2, 0.25) is 9.84 Å². The zero-order valence-electron chi connectivity index (χ0n) is 15.7. The van der Waals surface area contributed by atoms with E-state index in [1.54, 1.807) is 18.4 Å². The first-order valence-electron chi connectivity index (χ1n) is 8.58. The van der Waals surface area contributed by atoms with Crippen LogP contribution >= 0.6 is 23.1 Å². The van der Waals surface area contributed by atoms with E-state index in [0.717, 1.165) is 11.1 Å². The van der Waals surface area contributed by atoms with Gasteiger partial charge in [-0.1, -0.05) is 50.4 Å². The summed E-state index contributed by atoms with van der Waals surface area (Å²) in [6.07, 6.45) is 3.40. The maximum Gasteiger partial charge on any atom is 0.208 e. The van der Waals surface area contributed by atoms with Crippen molar-refractivity contribution in [3.63, 3.8) is 0 Å². The molecule has 0 saturated heterocycles. The lowest BCUT2D eigenvalue weighted by Crippen LogP contribution is -2.09. The highest BCUT2D eigenvalue weighted by molar-refractivity contribution is 8.01. The predicted molar refractivity (Wildman–Crippen MR) is 127 cm³/mol. The van der Waals surface area contributed by atoms with E-state index in [1.165, 1.54) is 35.2 Å². The van der Waals surface area contributed by atoms with Gasteiger partial charge in [-0.3, -0.25) is 5.41 Å². The van der Waals surface area contributed by atoms with E-state index in [-0.39, 0.29) is 29.7 Å². The van der Waals surface area contributed by atoms with Crippen LogP contribution in [-0.4, -0.2) is 27.1 Å². The number of benzene rings is 2. The minimum absolute atomic E-state index is 0. The second kappa shape index (κ2) is 9.97. The van der Waals surface area contributed by atoms with E-state index < -0.39 is 9.84 Å². The van der Waals surface area contributed by atoms with Crippen molar-refractivity contribution >= 4 is 38.8 Å². The van der Waals surface area contributed by atoms with E-state index in [2.05, 4.69) is 6.58 Å². The van der Waals surface area contributed by atoms with Gasteiger partial charge in [0.25, 0.3) is 0 Å². The molecule has 1 heterocycles. The Bertz CT molecular complexity index is 1150. The minimum Gasteiger partial charge on any atom is -0.489 e. The first-order valence-corrected chi connectivity index (χ1v) is 12.1. The predicted octanol–water partition coefficient (Wildman–Crippen LogP) is 5.45. The Kier molecular flexibility index (Phi) is 7.89. The van der Waals surface area contributed by atoms with Gasteiger partial charge in [-0.05, 0) is 41.6 Å². The van der Waals surface area contributed by atoms with Crippen molar-refractivity contribution in [3.8, 4) is 16.9 Å². The van der Waals surface area contributed by atoms with Crippen molar-refractivity contribution in [1.82, 2.24) is 0 Å². The molecule has 158 valence electrons. The maximum atomic E-state index is 13.5. The van der Waals surface area contributed by atoms with Crippen LogP contribution in [0.3, 0.4) is 0 Å². The lowest BCUT2D eigenvalue weighted by atomic mass is 10.1. The highest BCUT2D eigenvalue weighted by Crippen LogP contribution is 2.38. The van der Waals surface area contributed by atoms with Crippen LogP contribution in [0, 0.1) is 5.41 Å². The zero-order valence-corrected chi connectivity index (χ0v) is 18.2. The van der Waals surface area contributed by atoms with Gasteiger partial charge < -0.3 is 10.5 Å². The van der Waals surface area contributed by atoms with Gasteiger partial charge in [-0.15, -0.1) is 23.1 Å². The normalized spacial score (nSPS) is 10.8. The van der Waals surface area contributed by atoms with Crippen molar-refractivity contribution in [2.75, 3.05) is 12.9 Å². The van der Waals surface area contributed by atoms with Crippen molar-refractivity contribution < 1.29 is 13.2 Å². The molecule has 1 aromatic heterocycles. The molecule has 3 aromatic rings. The Labute approximate surface area is 186 Å². The molecule has 8 heteroatoms. The Morgan fingerprint density at radius 1 is 1.20 bits per heavy atom. The second-order valence-electron chi connectivity index (χ2n) is 6.04. The maximum absolute atomic E-state index is 13.5. The lowest BCUT2D eigenvalue weighted by Gasteiger charge is -2.12. The standard InChI is InChI=1S/C21H20N2O3S3.CH4/c1-3-9-26-16-10-15(14-7-5-4-6-8-14)11-17(12-16)29(24,25)19-13-18(20(22)23)28-21(19)27-2;/h3-8,10-13H,1,9H2,2H3,(H3,22,23);1H4. The number of ether oxygens (including phenoxy) is 1. The summed E-state index contributed by atoms with van der Waals surface area (Å²) in [6, 6.07) is 15.9. The molecule has 0 aliphatic heterocycles. The van der Waals surface area contributed by atoms with Crippen LogP contribution < -0.4 is 10.5 Å². The number of amidine groups is 1. The Morgan fingerprint density at radius 3 is 2.50 bits per heavy atom. The fraction of sp³-hybridized carbons (Fsp3) is 0.136. The molecular weight excluding hydrogens is 436 g/mol. The topological polar surface area (TPSA) is 93.2 Å². The van der Waals surface area contributed by atoms with Gasteiger partial charge in [-0.2, -0.15) is 0 Å². The SMILES string of the molecule is C.C=CCOc1cc(-c2ccccc2)cc(S(=O)(=O)c2cc(C(=N)N)sc2SC)c1. The average molecular weight is 461 g/mol. The van der Waals surface area contributed by atoms with Crippen LogP contribution in [-0.2, 0) is 9.84 Å². The summed E-state index contributed by atoms with van der Waals surface area (Å²) in [5.74, 6) is 0.289. The highest BCUT2D eigenvalue weighted by Gasteiger charge is 2.26. The molecule has 3 rings (SSSR count). The Morgan fingerprint density at radius 2 is 1.90 bits per heavy atom. The molecule has 0 aliphatic rings. The average Bonchev–Trinajstić information content (AvgIpc) is 3.18. The summed E-state index contributed by atoms with van der Waals surface area (Å²) < 4.78 is 33.2. The highest BCUT2D eigenvalue weighted by atomic mass is 32.2.